The summed E-state index contributed by atoms with van der Waals surface area (Å²) in [5.74, 6) is 0.887. The van der Waals surface area contributed by atoms with Gasteiger partial charge in [0.2, 0.25) is 0 Å². The van der Waals surface area contributed by atoms with E-state index in [-0.39, 0.29) is 4.90 Å². The minimum Gasteiger partial charge on any atom is -0.455 e. The number of nitrogens with zero attached hydrogens (tertiary/aromatic N) is 1. The van der Waals surface area contributed by atoms with Gasteiger partial charge in [-0.1, -0.05) is 39.7 Å². The molecule has 30 heavy (non-hydrogen) atoms. The normalized spacial score (nSPS) is 11.4. The number of aromatic nitrogens is 1. The maximum absolute atomic E-state index is 13.2. The highest BCUT2D eigenvalue weighted by Crippen LogP contribution is 2.35. The number of pyridine rings is 1. The Morgan fingerprint density at radius 3 is 2.57 bits per heavy atom. The summed E-state index contributed by atoms with van der Waals surface area (Å²) in [5, 5.41) is 1.37. The van der Waals surface area contributed by atoms with E-state index in [4.69, 9.17) is 16.3 Å². The summed E-state index contributed by atoms with van der Waals surface area (Å²) in [6.07, 6.45) is 1.58. The molecule has 0 bridgehead atoms. The third-order valence-electron chi connectivity index (χ3n) is 4.47. The van der Waals surface area contributed by atoms with Crippen molar-refractivity contribution < 1.29 is 13.2 Å². The van der Waals surface area contributed by atoms with Crippen molar-refractivity contribution in [3.63, 3.8) is 0 Å². The van der Waals surface area contributed by atoms with Crippen molar-refractivity contribution in [2.24, 2.45) is 0 Å². The SMILES string of the molecule is Cc1ccc(S(=O)(=O)Nc2cc(Br)ccc2Oc2ccc(Cl)cc2)c2ncccc12. The molecule has 4 rings (SSSR count). The first-order valence-corrected chi connectivity index (χ1v) is 11.6. The highest BCUT2D eigenvalue weighted by molar-refractivity contribution is 9.10. The van der Waals surface area contributed by atoms with Crippen molar-refractivity contribution in [3.05, 3.63) is 88.0 Å². The van der Waals surface area contributed by atoms with E-state index in [0.29, 0.717) is 32.2 Å². The lowest BCUT2D eigenvalue weighted by Crippen LogP contribution is -2.14. The summed E-state index contributed by atoms with van der Waals surface area (Å²) in [7, 11) is -3.93. The van der Waals surface area contributed by atoms with Crippen LogP contribution in [-0.2, 0) is 10.0 Å². The fourth-order valence-electron chi connectivity index (χ4n) is 3.01. The van der Waals surface area contributed by atoms with Crippen molar-refractivity contribution >= 4 is 54.1 Å². The lowest BCUT2D eigenvalue weighted by atomic mass is 10.1. The van der Waals surface area contributed by atoms with E-state index >= 15 is 0 Å². The number of ether oxygens (including phenoxy) is 1. The molecule has 0 amide bonds. The van der Waals surface area contributed by atoms with E-state index in [2.05, 4.69) is 25.6 Å². The van der Waals surface area contributed by atoms with Crippen molar-refractivity contribution in [1.29, 1.82) is 0 Å². The first-order chi connectivity index (χ1) is 14.3. The molecule has 8 heteroatoms. The van der Waals surface area contributed by atoms with Crippen molar-refractivity contribution in [3.8, 4) is 11.5 Å². The monoisotopic (exact) mass is 502 g/mol. The highest BCUT2D eigenvalue weighted by Gasteiger charge is 2.21. The number of sulfonamides is 1. The zero-order chi connectivity index (χ0) is 21.3. The lowest BCUT2D eigenvalue weighted by molar-refractivity contribution is 0.484. The number of rotatable bonds is 5. The molecule has 0 saturated heterocycles. The fourth-order valence-corrected chi connectivity index (χ4v) is 4.72. The van der Waals surface area contributed by atoms with E-state index in [0.717, 1.165) is 10.9 Å². The van der Waals surface area contributed by atoms with Crippen LogP contribution in [0.15, 0.2) is 82.3 Å². The second-order valence-electron chi connectivity index (χ2n) is 6.58. The van der Waals surface area contributed by atoms with Crippen LogP contribution in [0.1, 0.15) is 5.56 Å². The van der Waals surface area contributed by atoms with E-state index in [1.807, 2.05) is 13.0 Å². The predicted octanol–water partition coefficient (Wildman–Crippen LogP) is 6.55. The van der Waals surface area contributed by atoms with Crippen LogP contribution in [0.5, 0.6) is 11.5 Å². The Balaban J connectivity index is 1.74. The molecular formula is C22H16BrClN2O3S. The third-order valence-corrected chi connectivity index (χ3v) is 6.61. The van der Waals surface area contributed by atoms with Crippen LogP contribution >= 0.6 is 27.5 Å². The molecule has 0 saturated carbocycles. The van der Waals surface area contributed by atoms with Gasteiger partial charge in [-0.2, -0.15) is 0 Å². The number of hydrogen-bond acceptors (Lipinski definition) is 4. The molecule has 0 spiro atoms. The molecule has 0 aliphatic carbocycles. The Morgan fingerprint density at radius 1 is 1.03 bits per heavy atom. The predicted molar refractivity (Wildman–Crippen MR) is 123 cm³/mol. The Labute approximate surface area is 187 Å². The summed E-state index contributed by atoms with van der Waals surface area (Å²) < 4.78 is 35.7. The van der Waals surface area contributed by atoms with E-state index < -0.39 is 10.0 Å². The first-order valence-electron chi connectivity index (χ1n) is 8.94. The molecule has 0 unspecified atom stereocenters. The number of anilines is 1. The summed E-state index contributed by atoms with van der Waals surface area (Å²) in [5.41, 5.74) is 1.66. The summed E-state index contributed by atoms with van der Waals surface area (Å²) in [4.78, 5) is 4.39. The number of fused-ring (bicyclic) bond motifs is 1. The number of nitrogens with one attached hydrogen (secondary N) is 1. The van der Waals surface area contributed by atoms with Gasteiger partial charge in [-0.05, 0) is 67.1 Å². The molecule has 0 radical (unpaired) electrons. The number of halogens is 2. The van der Waals surface area contributed by atoms with Gasteiger partial charge in [0.25, 0.3) is 10.0 Å². The Hall–Kier alpha value is -2.61. The summed E-state index contributed by atoms with van der Waals surface area (Å²) >= 11 is 9.31. The zero-order valence-corrected chi connectivity index (χ0v) is 18.9. The molecule has 0 fully saturated rings. The molecular weight excluding hydrogens is 488 g/mol. The van der Waals surface area contributed by atoms with Gasteiger partial charge >= 0.3 is 0 Å². The van der Waals surface area contributed by atoms with Gasteiger partial charge < -0.3 is 4.74 Å². The minimum atomic E-state index is -3.93. The number of hydrogen-bond donors (Lipinski definition) is 1. The van der Waals surface area contributed by atoms with E-state index in [1.54, 1.807) is 66.9 Å². The molecule has 0 aliphatic rings. The average molecular weight is 504 g/mol. The standard InChI is InChI=1S/C22H16BrClN2O3S/c1-14-4-11-21(22-18(14)3-2-12-25-22)30(27,28)26-19-13-15(23)5-10-20(19)29-17-8-6-16(24)7-9-17/h2-13,26H,1H3. The maximum atomic E-state index is 13.2. The molecule has 4 aromatic rings. The van der Waals surface area contributed by atoms with Crippen LogP contribution in [0.25, 0.3) is 10.9 Å². The maximum Gasteiger partial charge on any atom is 0.264 e. The van der Waals surface area contributed by atoms with Crippen LogP contribution in [0.4, 0.5) is 5.69 Å². The minimum absolute atomic E-state index is 0.0983. The quantitative estimate of drug-likeness (QED) is 0.335. The fraction of sp³-hybridized carbons (Fsp3) is 0.0455. The summed E-state index contributed by atoms with van der Waals surface area (Å²) in [6, 6.07) is 18.9. The highest BCUT2D eigenvalue weighted by atomic mass is 79.9. The molecule has 1 N–H and O–H groups in total. The van der Waals surface area contributed by atoms with E-state index in [9.17, 15) is 8.42 Å². The van der Waals surface area contributed by atoms with Gasteiger partial charge in [-0.25, -0.2) is 8.42 Å². The summed E-state index contributed by atoms with van der Waals surface area (Å²) in [6.45, 7) is 1.92. The third kappa shape index (κ3) is 4.28. The van der Waals surface area contributed by atoms with Crippen molar-refractivity contribution in [2.75, 3.05) is 4.72 Å². The molecule has 0 aliphatic heterocycles. The largest absolute Gasteiger partial charge is 0.455 e. The Morgan fingerprint density at radius 2 is 1.80 bits per heavy atom. The second kappa shape index (κ2) is 8.26. The molecule has 1 heterocycles. The lowest BCUT2D eigenvalue weighted by Gasteiger charge is -2.15. The van der Waals surface area contributed by atoms with Crippen LogP contribution in [0, 0.1) is 6.92 Å². The second-order valence-corrected chi connectivity index (χ2v) is 9.59. The van der Waals surface area contributed by atoms with Gasteiger partial charge in [-0.3, -0.25) is 9.71 Å². The Kier molecular flexibility index (Phi) is 5.69. The van der Waals surface area contributed by atoms with Crippen molar-refractivity contribution in [2.45, 2.75) is 11.8 Å². The molecule has 1 aromatic heterocycles. The van der Waals surface area contributed by atoms with Crippen LogP contribution in [-0.4, -0.2) is 13.4 Å². The average Bonchev–Trinajstić information content (AvgIpc) is 2.71. The van der Waals surface area contributed by atoms with Crippen LogP contribution < -0.4 is 9.46 Å². The van der Waals surface area contributed by atoms with Crippen LogP contribution in [0.3, 0.4) is 0 Å². The molecule has 152 valence electrons. The topological polar surface area (TPSA) is 68.3 Å². The number of benzene rings is 3. The van der Waals surface area contributed by atoms with Gasteiger partial charge in [0.15, 0.2) is 5.75 Å². The van der Waals surface area contributed by atoms with Gasteiger partial charge in [0, 0.05) is 21.1 Å². The Bertz CT molecular complexity index is 1340. The molecule has 5 nitrogen and oxygen atoms in total. The van der Waals surface area contributed by atoms with E-state index in [1.165, 1.54) is 0 Å². The van der Waals surface area contributed by atoms with Gasteiger partial charge in [0.1, 0.15) is 10.6 Å². The first kappa shape index (κ1) is 20.7. The number of aryl methyl sites for hydroxylation is 1. The smallest absolute Gasteiger partial charge is 0.264 e. The van der Waals surface area contributed by atoms with Crippen LogP contribution in [0.2, 0.25) is 5.02 Å². The van der Waals surface area contributed by atoms with Gasteiger partial charge in [-0.15, -0.1) is 0 Å². The van der Waals surface area contributed by atoms with Crippen molar-refractivity contribution in [1.82, 2.24) is 4.98 Å². The molecule has 3 aromatic carbocycles. The van der Waals surface area contributed by atoms with Gasteiger partial charge in [0.05, 0.1) is 11.2 Å². The zero-order valence-electron chi connectivity index (χ0n) is 15.8. The molecule has 0 atom stereocenters.